The van der Waals surface area contributed by atoms with Crippen molar-refractivity contribution in [2.45, 2.75) is 11.8 Å². The maximum Gasteiger partial charge on any atom is 0.338 e. The SMILES string of the molecule is CCOC(=O)c1ccc(S(=O)(=O)N(CCO)c2ccccc2)c(Br)c1. The Hall–Kier alpha value is -1.90. The number of ether oxygens (including phenoxy) is 1. The first kappa shape index (κ1) is 19.4. The van der Waals surface area contributed by atoms with Crippen LogP contribution in [0.2, 0.25) is 0 Å². The molecule has 0 aromatic heterocycles. The van der Waals surface area contributed by atoms with Gasteiger partial charge < -0.3 is 9.84 Å². The molecule has 0 aliphatic carbocycles. The van der Waals surface area contributed by atoms with Crippen LogP contribution in [0.4, 0.5) is 5.69 Å². The number of sulfonamides is 1. The van der Waals surface area contributed by atoms with Crippen LogP contribution in [0.1, 0.15) is 17.3 Å². The zero-order valence-corrected chi connectivity index (χ0v) is 16.0. The van der Waals surface area contributed by atoms with Crippen LogP contribution in [0.3, 0.4) is 0 Å². The molecule has 2 aromatic rings. The lowest BCUT2D eigenvalue weighted by Crippen LogP contribution is -2.33. The third kappa shape index (κ3) is 4.39. The van der Waals surface area contributed by atoms with Crippen molar-refractivity contribution < 1.29 is 23.1 Å². The highest BCUT2D eigenvalue weighted by Crippen LogP contribution is 2.29. The van der Waals surface area contributed by atoms with Crippen LogP contribution in [0.15, 0.2) is 57.9 Å². The molecule has 6 nitrogen and oxygen atoms in total. The van der Waals surface area contributed by atoms with E-state index in [0.29, 0.717) is 5.69 Å². The third-order valence-electron chi connectivity index (χ3n) is 3.36. The molecule has 8 heteroatoms. The molecule has 2 rings (SSSR count). The van der Waals surface area contributed by atoms with Crippen LogP contribution >= 0.6 is 15.9 Å². The molecule has 0 heterocycles. The molecular weight excluding hydrogens is 410 g/mol. The van der Waals surface area contributed by atoms with Gasteiger partial charge in [-0.15, -0.1) is 0 Å². The van der Waals surface area contributed by atoms with Crippen LogP contribution in [0, 0.1) is 0 Å². The van der Waals surface area contributed by atoms with E-state index in [1.165, 1.54) is 18.2 Å². The van der Waals surface area contributed by atoms with Gasteiger partial charge in [-0.25, -0.2) is 13.2 Å². The van der Waals surface area contributed by atoms with Crippen molar-refractivity contribution in [1.82, 2.24) is 0 Å². The van der Waals surface area contributed by atoms with Crippen molar-refractivity contribution in [3.8, 4) is 0 Å². The van der Waals surface area contributed by atoms with Gasteiger partial charge in [-0.1, -0.05) is 18.2 Å². The monoisotopic (exact) mass is 427 g/mol. The molecule has 0 saturated carbocycles. The molecule has 0 saturated heterocycles. The zero-order valence-electron chi connectivity index (χ0n) is 13.6. The summed E-state index contributed by atoms with van der Waals surface area (Å²) >= 11 is 3.22. The van der Waals surface area contributed by atoms with Crippen LogP contribution in [-0.2, 0) is 14.8 Å². The molecule has 0 bridgehead atoms. The van der Waals surface area contributed by atoms with Crippen molar-refractivity contribution >= 4 is 37.6 Å². The summed E-state index contributed by atoms with van der Waals surface area (Å²) in [4.78, 5) is 11.8. The van der Waals surface area contributed by atoms with E-state index in [-0.39, 0.29) is 34.7 Å². The van der Waals surface area contributed by atoms with Gasteiger partial charge in [-0.3, -0.25) is 4.31 Å². The molecule has 0 atom stereocenters. The first-order valence-electron chi connectivity index (χ1n) is 7.57. The van der Waals surface area contributed by atoms with E-state index in [0.717, 1.165) is 4.31 Å². The predicted octanol–water partition coefficient (Wildman–Crippen LogP) is 2.81. The fraction of sp³-hybridized carbons (Fsp3) is 0.235. The van der Waals surface area contributed by atoms with E-state index in [1.807, 2.05) is 0 Å². The number of hydrogen-bond acceptors (Lipinski definition) is 5. The Bertz CT molecular complexity index is 839. The number of benzene rings is 2. The van der Waals surface area contributed by atoms with Crippen molar-refractivity contribution in [2.24, 2.45) is 0 Å². The maximum absolute atomic E-state index is 13.0. The van der Waals surface area contributed by atoms with E-state index in [9.17, 15) is 18.3 Å². The lowest BCUT2D eigenvalue weighted by atomic mass is 10.2. The van der Waals surface area contributed by atoms with Crippen LogP contribution in [0.25, 0.3) is 0 Å². The van der Waals surface area contributed by atoms with Crippen LogP contribution < -0.4 is 4.31 Å². The van der Waals surface area contributed by atoms with E-state index in [1.54, 1.807) is 37.3 Å². The van der Waals surface area contributed by atoms with Gasteiger partial charge in [0.1, 0.15) is 4.90 Å². The Kier molecular flexibility index (Phi) is 6.57. The second-order valence-corrected chi connectivity index (χ2v) is 7.69. The molecule has 0 fully saturated rings. The summed E-state index contributed by atoms with van der Waals surface area (Å²) in [6.07, 6.45) is 0. The molecule has 0 unspecified atom stereocenters. The smallest absolute Gasteiger partial charge is 0.338 e. The number of carbonyl (C=O) groups excluding carboxylic acids is 1. The summed E-state index contributed by atoms with van der Waals surface area (Å²) in [7, 11) is -3.93. The summed E-state index contributed by atoms with van der Waals surface area (Å²) < 4.78 is 32.3. The first-order chi connectivity index (χ1) is 11.9. The lowest BCUT2D eigenvalue weighted by Gasteiger charge is -2.24. The fourth-order valence-electron chi connectivity index (χ4n) is 2.24. The third-order valence-corrected chi connectivity index (χ3v) is 6.16. The lowest BCUT2D eigenvalue weighted by molar-refractivity contribution is 0.0526. The number of anilines is 1. The highest BCUT2D eigenvalue weighted by atomic mass is 79.9. The van der Waals surface area contributed by atoms with E-state index < -0.39 is 16.0 Å². The second-order valence-electron chi connectivity index (χ2n) is 5.00. The van der Waals surface area contributed by atoms with Gasteiger partial charge in [-0.05, 0) is 53.2 Å². The Morgan fingerprint density at radius 2 is 1.88 bits per heavy atom. The molecule has 0 amide bonds. The highest BCUT2D eigenvalue weighted by molar-refractivity contribution is 9.10. The van der Waals surface area contributed by atoms with Gasteiger partial charge in [-0.2, -0.15) is 0 Å². The van der Waals surface area contributed by atoms with E-state index in [2.05, 4.69) is 15.9 Å². The second kappa shape index (κ2) is 8.46. The quantitative estimate of drug-likeness (QED) is 0.686. The number of carbonyl (C=O) groups is 1. The molecule has 0 aliphatic rings. The molecule has 0 radical (unpaired) electrons. The van der Waals surface area contributed by atoms with Gasteiger partial charge in [0.2, 0.25) is 0 Å². The van der Waals surface area contributed by atoms with Gasteiger partial charge in [0.25, 0.3) is 10.0 Å². The highest BCUT2D eigenvalue weighted by Gasteiger charge is 2.27. The summed E-state index contributed by atoms with van der Waals surface area (Å²) in [5.41, 5.74) is 0.694. The number of aliphatic hydroxyl groups excluding tert-OH is 1. The average Bonchev–Trinajstić information content (AvgIpc) is 2.60. The molecule has 1 N–H and O–H groups in total. The molecule has 134 valence electrons. The number of rotatable bonds is 7. The largest absolute Gasteiger partial charge is 0.462 e. The van der Waals surface area contributed by atoms with Crippen LogP contribution in [0.5, 0.6) is 0 Å². The van der Waals surface area contributed by atoms with Gasteiger partial charge in [0.05, 0.1) is 31.0 Å². The van der Waals surface area contributed by atoms with Gasteiger partial charge in [0, 0.05) is 4.47 Å². The molecule has 2 aromatic carbocycles. The van der Waals surface area contributed by atoms with Crippen molar-refractivity contribution in [3.05, 3.63) is 58.6 Å². The summed E-state index contributed by atoms with van der Waals surface area (Å²) in [5, 5.41) is 9.27. The minimum absolute atomic E-state index is 0.00199. The Morgan fingerprint density at radius 1 is 1.20 bits per heavy atom. The van der Waals surface area contributed by atoms with Crippen molar-refractivity contribution in [2.75, 3.05) is 24.1 Å². The first-order valence-corrected chi connectivity index (χ1v) is 9.80. The predicted molar refractivity (Wildman–Crippen MR) is 98.2 cm³/mol. The van der Waals surface area contributed by atoms with Crippen molar-refractivity contribution in [1.29, 1.82) is 0 Å². The molecule has 0 spiro atoms. The standard InChI is InChI=1S/C17H18BrNO5S/c1-2-24-17(21)13-8-9-16(15(18)12-13)25(22,23)19(10-11-20)14-6-4-3-5-7-14/h3-9,12,20H,2,10-11H2,1H3. The fourth-order valence-corrected chi connectivity index (χ4v) is 4.74. The van der Waals surface area contributed by atoms with Gasteiger partial charge in [0.15, 0.2) is 0 Å². The Balaban J connectivity index is 2.45. The summed E-state index contributed by atoms with van der Waals surface area (Å²) in [5.74, 6) is -0.526. The zero-order chi connectivity index (χ0) is 18.4. The molecule has 25 heavy (non-hydrogen) atoms. The average molecular weight is 428 g/mol. The number of aliphatic hydroxyl groups is 1. The molecular formula is C17H18BrNO5S. The minimum atomic E-state index is -3.93. The topological polar surface area (TPSA) is 83.9 Å². The van der Waals surface area contributed by atoms with E-state index in [4.69, 9.17) is 4.74 Å². The Morgan fingerprint density at radius 3 is 2.44 bits per heavy atom. The molecule has 0 aliphatic heterocycles. The Labute approximate surface area is 155 Å². The van der Waals surface area contributed by atoms with E-state index >= 15 is 0 Å². The number of para-hydroxylation sites is 1. The van der Waals surface area contributed by atoms with Crippen molar-refractivity contribution in [3.63, 3.8) is 0 Å². The minimum Gasteiger partial charge on any atom is -0.462 e. The maximum atomic E-state index is 13.0. The number of esters is 1. The summed E-state index contributed by atoms with van der Waals surface area (Å²) in [6, 6.07) is 12.7. The van der Waals surface area contributed by atoms with Gasteiger partial charge >= 0.3 is 5.97 Å². The van der Waals surface area contributed by atoms with Crippen LogP contribution in [-0.4, -0.2) is 39.3 Å². The number of nitrogens with zero attached hydrogens (tertiary/aromatic N) is 1. The number of hydrogen-bond donors (Lipinski definition) is 1. The summed E-state index contributed by atoms with van der Waals surface area (Å²) in [6.45, 7) is 1.51. The normalized spacial score (nSPS) is 11.2. The number of halogens is 1.